The summed E-state index contributed by atoms with van der Waals surface area (Å²) in [6.07, 6.45) is 17.9. The van der Waals surface area contributed by atoms with Crippen LogP contribution in [0.2, 0.25) is 0 Å². The molecule has 21 heavy (non-hydrogen) atoms. The molecule has 1 atom stereocenters. The fraction of sp³-hybridized carbons (Fsp3) is 0.900. The van der Waals surface area contributed by atoms with E-state index >= 15 is 0 Å². The van der Waals surface area contributed by atoms with E-state index < -0.39 is 0 Å². The molecule has 0 radical (unpaired) electrons. The molecular formula is C20H35N. The van der Waals surface area contributed by atoms with Gasteiger partial charge in [-0.2, -0.15) is 0 Å². The van der Waals surface area contributed by atoms with Crippen molar-refractivity contribution in [3.63, 3.8) is 0 Å². The van der Waals surface area contributed by atoms with Crippen molar-refractivity contribution < 1.29 is 0 Å². The summed E-state index contributed by atoms with van der Waals surface area (Å²) < 4.78 is 0. The fourth-order valence-electron chi connectivity index (χ4n) is 3.97. The second-order valence-electron chi connectivity index (χ2n) is 7.07. The monoisotopic (exact) mass is 289 g/mol. The number of likely N-dealkylation sites (tertiary alicyclic amines) is 1. The van der Waals surface area contributed by atoms with Gasteiger partial charge in [0.1, 0.15) is 0 Å². The van der Waals surface area contributed by atoms with E-state index in [0.29, 0.717) is 6.04 Å². The van der Waals surface area contributed by atoms with Gasteiger partial charge in [0, 0.05) is 6.42 Å². The molecular weight excluding hydrogens is 254 g/mol. The van der Waals surface area contributed by atoms with Crippen molar-refractivity contribution in [2.45, 2.75) is 96.4 Å². The molecule has 1 unspecified atom stereocenters. The number of piperidine rings is 1. The van der Waals surface area contributed by atoms with Gasteiger partial charge in [0.15, 0.2) is 0 Å². The molecule has 1 saturated carbocycles. The third-order valence-electron chi connectivity index (χ3n) is 5.29. The lowest BCUT2D eigenvalue weighted by atomic mass is 9.83. The van der Waals surface area contributed by atoms with Crippen molar-refractivity contribution in [3.8, 4) is 11.8 Å². The van der Waals surface area contributed by atoms with Crippen LogP contribution in [0.4, 0.5) is 0 Å². The van der Waals surface area contributed by atoms with Crippen LogP contribution in [0.5, 0.6) is 0 Å². The average Bonchev–Trinajstić information content (AvgIpc) is 2.56. The first kappa shape index (κ1) is 16.9. The number of hydrogen-bond acceptors (Lipinski definition) is 1. The largest absolute Gasteiger partial charge is 0.290 e. The Bertz CT molecular complexity index is 294. The normalized spacial score (nSPS) is 22.5. The van der Waals surface area contributed by atoms with Crippen molar-refractivity contribution >= 4 is 0 Å². The SMILES string of the molecule is CCCCCCC#CC(C1CCCCC1)N1CCCCC1. The summed E-state index contributed by atoms with van der Waals surface area (Å²) in [5.74, 6) is 8.12. The van der Waals surface area contributed by atoms with Crippen molar-refractivity contribution in [3.05, 3.63) is 0 Å². The van der Waals surface area contributed by atoms with Crippen LogP contribution in [-0.4, -0.2) is 24.0 Å². The number of hydrogen-bond donors (Lipinski definition) is 0. The third-order valence-corrected chi connectivity index (χ3v) is 5.29. The van der Waals surface area contributed by atoms with Gasteiger partial charge in [0.25, 0.3) is 0 Å². The van der Waals surface area contributed by atoms with Gasteiger partial charge < -0.3 is 0 Å². The third kappa shape index (κ3) is 6.03. The molecule has 2 aliphatic rings. The maximum atomic E-state index is 3.71. The van der Waals surface area contributed by atoms with E-state index in [1.54, 1.807) is 0 Å². The predicted molar refractivity (Wildman–Crippen MR) is 92.3 cm³/mol. The smallest absolute Gasteiger partial charge is 0.0743 e. The van der Waals surface area contributed by atoms with Gasteiger partial charge in [0.05, 0.1) is 6.04 Å². The molecule has 1 aliphatic carbocycles. The van der Waals surface area contributed by atoms with Gasteiger partial charge in [0.2, 0.25) is 0 Å². The fourth-order valence-corrected chi connectivity index (χ4v) is 3.97. The van der Waals surface area contributed by atoms with E-state index in [2.05, 4.69) is 23.7 Å². The van der Waals surface area contributed by atoms with Crippen molar-refractivity contribution in [1.82, 2.24) is 4.90 Å². The molecule has 1 heterocycles. The van der Waals surface area contributed by atoms with Gasteiger partial charge in [-0.25, -0.2) is 0 Å². The molecule has 2 fully saturated rings. The minimum atomic E-state index is 0.580. The molecule has 0 aromatic carbocycles. The Morgan fingerprint density at radius 3 is 2.33 bits per heavy atom. The molecule has 1 heteroatoms. The lowest BCUT2D eigenvalue weighted by Gasteiger charge is -2.37. The second kappa shape index (κ2) is 10.3. The number of nitrogens with zero attached hydrogens (tertiary/aromatic N) is 1. The Morgan fingerprint density at radius 1 is 0.905 bits per heavy atom. The molecule has 0 N–H and O–H groups in total. The van der Waals surface area contributed by atoms with E-state index in [4.69, 9.17) is 0 Å². The van der Waals surface area contributed by atoms with Gasteiger partial charge in [-0.3, -0.25) is 4.90 Å². The Hall–Kier alpha value is -0.480. The first-order chi connectivity index (χ1) is 10.4. The summed E-state index contributed by atoms with van der Waals surface area (Å²) in [4.78, 5) is 2.72. The lowest BCUT2D eigenvalue weighted by Crippen LogP contribution is -2.43. The second-order valence-corrected chi connectivity index (χ2v) is 7.07. The Labute approximate surface area is 132 Å². The van der Waals surface area contributed by atoms with Crippen LogP contribution in [0.15, 0.2) is 0 Å². The van der Waals surface area contributed by atoms with E-state index in [9.17, 15) is 0 Å². The summed E-state index contributed by atoms with van der Waals surface area (Å²) in [5, 5.41) is 0. The molecule has 0 aromatic rings. The first-order valence-corrected chi connectivity index (χ1v) is 9.64. The summed E-state index contributed by atoms with van der Waals surface area (Å²) in [6, 6.07) is 0.580. The van der Waals surface area contributed by atoms with E-state index in [1.165, 1.54) is 90.1 Å². The van der Waals surface area contributed by atoms with Crippen LogP contribution in [0.25, 0.3) is 0 Å². The standard InChI is InChI=1S/C20H35N/c1-2-3-4-5-6-11-16-20(19-14-9-7-10-15-19)21-17-12-8-13-18-21/h19-20H,2-10,12-15,17-18H2,1H3. The highest BCUT2D eigenvalue weighted by Crippen LogP contribution is 2.30. The van der Waals surface area contributed by atoms with Gasteiger partial charge in [-0.05, 0) is 51.1 Å². The Morgan fingerprint density at radius 2 is 1.62 bits per heavy atom. The minimum Gasteiger partial charge on any atom is -0.290 e. The highest BCUT2D eigenvalue weighted by Gasteiger charge is 2.28. The quantitative estimate of drug-likeness (QED) is 0.468. The van der Waals surface area contributed by atoms with E-state index in [0.717, 1.165) is 12.3 Å². The predicted octanol–water partition coefficient (Wildman–Crippen LogP) is 5.40. The molecule has 0 spiro atoms. The van der Waals surface area contributed by atoms with E-state index in [1.807, 2.05) is 0 Å². The van der Waals surface area contributed by atoms with Crippen LogP contribution < -0.4 is 0 Å². The average molecular weight is 290 g/mol. The van der Waals surface area contributed by atoms with Crippen LogP contribution in [0.3, 0.4) is 0 Å². The zero-order valence-corrected chi connectivity index (χ0v) is 14.2. The maximum Gasteiger partial charge on any atom is 0.0743 e. The molecule has 0 bridgehead atoms. The summed E-state index contributed by atoms with van der Waals surface area (Å²) in [7, 11) is 0. The maximum absolute atomic E-state index is 3.71. The van der Waals surface area contributed by atoms with Gasteiger partial charge in [-0.1, -0.05) is 57.8 Å². The van der Waals surface area contributed by atoms with E-state index in [-0.39, 0.29) is 0 Å². The van der Waals surface area contributed by atoms with Crippen molar-refractivity contribution in [2.75, 3.05) is 13.1 Å². The topological polar surface area (TPSA) is 3.24 Å². The molecule has 1 saturated heterocycles. The summed E-state index contributed by atoms with van der Waals surface area (Å²) >= 11 is 0. The number of unbranched alkanes of at least 4 members (excludes halogenated alkanes) is 4. The molecule has 1 nitrogen and oxygen atoms in total. The highest BCUT2D eigenvalue weighted by atomic mass is 15.2. The molecule has 2 rings (SSSR count). The van der Waals surface area contributed by atoms with Crippen LogP contribution in [-0.2, 0) is 0 Å². The van der Waals surface area contributed by atoms with Crippen LogP contribution in [0.1, 0.15) is 90.4 Å². The molecule has 0 amide bonds. The zero-order chi connectivity index (χ0) is 14.8. The Kier molecular flexibility index (Phi) is 8.26. The lowest BCUT2D eigenvalue weighted by molar-refractivity contribution is 0.132. The van der Waals surface area contributed by atoms with Crippen molar-refractivity contribution in [1.29, 1.82) is 0 Å². The van der Waals surface area contributed by atoms with Crippen LogP contribution in [0, 0.1) is 17.8 Å². The van der Waals surface area contributed by atoms with Crippen LogP contribution >= 0.6 is 0 Å². The minimum absolute atomic E-state index is 0.580. The highest BCUT2D eigenvalue weighted by molar-refractivity contribution is 5.11. The Balaban J connectivity index is 1.86. The van der Waals surface area contributed by atoms with Crippen molar-refractivity contribution in [2.24, 2.45) is 5.92 Å². The summed E-state index contributed by atoms with van der Waals surface area (Å²) in [5.41, 5.74) is 0. The molecule has 120 valence electrons. The van der Waals surface area contributed by atoms with Gasteiger partial charge >= 0.3 is 0 Å². The van der Waals surface area contributed by atoms with Gasteiger partial charge in [-0.15, -0.1) is 5.92 Å². The zero-order valence-electron chi connectivity index (χ0n) is 14.2. The summed E-state index contributed by atoms with van der Waals surface area (Å²) in [6.45, 7) is 4.87. The number of rotatable bonds is 6. The molecule has 1 aliphatic heterocycles. The first-order valence-electron chi connectivity index (χ1n) is 9.64. The molecule has 0 aromatic heterocycles.